The normalized spacial score (nSPS) is 16.8. The van der Waals surface area contributed by atoms with Crippen LogP contribution in [0.2, 0.25) is 0 Å². The molecule has 0 amide bonds. The van der Waals surface area contributed by atoms with Gasteiger partial charge in [-0.1, -0.05) is 12.8 Å². The Morgan fingerprint density at radius 2 is 2.07 bits per heavy atom. The van der Waals surface area contributed by atoms with E-state index in [2.05, 4.69) is 0 Å². The van der Waals surface area contributed by atoms with Crippen LogP contribution < -0.4 is 5.56 Å². The monoisotopic (exact) mass is 207 g/mol. The molecule has 0 radical (unpaired) electrons. The first-order valence-electron chi connectivity index (χ1n) is 5.14. The van der Waals surface area contributed by atoms with Crippen molar-refractivity contribution in [2.75, 3.05) is 0 Å². The van der Waals surface area contributed by atoms with Gasteiger partial charge in [-0.15, -0.1) is 0 Å². The summed E-state index contributed by atoms with van der Waals surface area (Å²) in [6.45, 7) is 0. The van der Waals surface area contributed by atoms with E-state index in [1.807, 2.05) is 0 Å². The fraction of sp³-hybridized carbons (Fsp3) is 0.455. The molecule has 80 valence electrons. The zero-order valence-electron chi connectivity index (χ0n) is 8.35. The van der Waals surface area contributed by atoms with Crippen LogP contribution in [0, 0.1) is 0 Å². The molecule has 1 aliphatic rings. The zero-order valence-corrected chi connectivity index (χ0v) is 8.35. The molecule has 1 aromatic heterocycles. The molecule has 0 unspecified atom stereocenters. The predicted octanol–water partition coefficient (Wildman–Crippen LogP) is 1.66. The van der Waals surface area contributed by atoms with Crippen LogP contribution in [0.3, 0.4) is 0 Å². The van der Waals surface area contributed by atoms with E-state index in [0.29, 0.717) is 0 Å². The van der Waals surface area contributed by atoms with Crippen molar-refractivity contribution < 1.29 is 9.90 Å². The molecule has 1 aromatic rings. The third-order valence-corrected chi connectivity index (χ3v) is 2.92. The molecule has 2 rings (SSSR count). The van der Waals surface area contributed by atoms with Gasteiger partial charge in [0, 0.05) is 12.2 Å². The Morgan fingerprint density at radius 3 is 2.67 bits per heavy atom. The number of aromatic carboxylic acids is 1. The molecule has 1 aliphatic carbocycles. The average Bonchev–Trinajstić information content (AvgIpc) is 2.70. The minimum atomic E-state index is -1.15. The summed E-state index contributed by atoms with van der Waals surface area (Å²) in [4.78, 5) is 22.6. The van der Waals surface area contributed by atoms with Crippen molar-refractivity contribution in [3.8, 4) is 0 Å². The lowest BCUT2D eigenvalue weighted by molar-refractivity contribution is 0.0694. The molecule has 4 nitrogen and oxygen atoms in total. The SMILES string of the molecule is O=C(O)c1cccn(C2CCCC2)c1=O. The van der Waals surface area contributed by atoms with Gasteiger partial charge in [0.25, 0.3) is 5.56 Å². The average molecular weight is 207 g/mol. The van der Waals surface area contributed by atoms with Crippen molar-refractivity contribution >= 4 is 5.97 Å². The maximum absolute atomic E-state index is 11.8. The van der Waals surface area contributed by atoms with E-state index in [1.165, 1.54) is 6.07 Å². The van der Waals surface area contributed by atoms with Crippen molar-refractivity contribution in [2.24, 2.45) is 0 Å². The van der Waals surface area contributed by atoms with E-state index in [1.54, 1.807) is 16.8 Å². The van der Waals surface area contributed by atoms with Gasteiger partial charge < -0.3 is 9.67 Å². The minimum Gasteiger partial charge on any atom is -0.477 e. The molecular weight excluding hydrogens is 194 g/mol. The molecule has 0 atom stereocenters. The summed E-state index contributed by atoms with van der Waals surface area (Å²) in [7, 11) is 0. The molecular formula is C11H13NO3. The number of carboxylic acid groups (broad SMARTS) is 1. The van der Waals surface area contributed by atoms with Crippen LogP contribution >= 0.6 is 0 Å². The number of pyridine rings is 1. The van der Waals surface area contributed by atoms with Crippen LogP contribution in [-0.2, 0) is 0 Å². The third kappa shape index (κ3) is 1.79. The highest BCUT2D eigenvalue weighted by molar-refractivity contribution is 5.86. The molecule has 1 heterocycles. The highest BCUT2D eigenvalue weighted by Crippen LogP contribution is 2.27. The fourth-order valence-electron chi connectivity index (χ4n) is 2.14. The van der Waals surface area contributed by atoms with Crippen molar-refractivity contribution in [2.45, 2.75) is 31.7 Å². The van der Waals surface area contributed by atoms with Crippen LogP contribution in [0.1, 0.15) is 42.1 Å². The Balaban J connectivity index is 2.44. The number of hydrogen-bond acceptors (Lipinski definition) is 2. The second-order valence-corrected chi connectivity index (χ2v) is 3.88. The summed E-state index contributed by atoms with van der Waals surface area (Å²) < 4.78 is 1.57. The van der Waals surface area contributed by atoms with E-state index in [4.69, 9.17) is 5.11 Å². The number of carbonyl (C=O) groups is 1. The van der Waals surface area contributed by atoms with Gasteiger partial charge in [-0.2, -0.15) is 0 Å². The summed E-state index contributed by atoms with van der Waals surface area (Å²) in [6, 6.07) is 3.18. The van der Waals surface area contributed by atoms with Crippen LogP contribution in [0.4, 0.5) is 0 Å². The molecule has 1 saturated carbocycles. The van der Waals surface area contributed by atoms with Crippen LogP contribution in [-0.4, -0.2) is 15.6 Å². The molecule has 1 fully saturated rings. The Hall–Kier alpha value is -1.58. The second-order valence-electron chi connectivity index (χ2n) is 3.88. The van der Waals surface area contributed by atoms with Crippen LogP contribution in [0.5, 0.6) is 0 Å². The highest BCUT2D eigenvalue weighted by Gasteiger charge is 2.19. The van der Waals surface area contributed by atoms with Gasteiger partial charge in [0.1, 0.15) is 5.56 Å². The van der Waals surface area contributed by atoms with Gasteiger partial charge in [-0.05, 0) is 25.0 Å². The van der Waals surface area contributed by atoms with E-state index in [-0.39, 0.29) is 17.2 Å². The summed E-state index contributed by atoms with van der Waals surface area (Å²) in [5.41, 5.74) is -0.513. The van der Waals surface area contributed by atoms with Crippen LogP contribution in [0.15, 0.2) is 23.1 Å². The number of carboxylic acids is 1. The molecule has 0 saturated heterocycles. The van der Waals surface area contributed by atoms with E-state index < -0.39 is 5.97 Å². The number of hydrogen-bond donors (Lipinski definition) is 1. The van der Waals surface area contributed by atoms with Gasteiger partial charge in [-0.25, -0.2) is 4.79 Å². The van der Waals surface area contributed by atoms with Crippen molar-refractivity contribution in [1.29, 1.82) is 0 Å². The van der Waals surface area contributed by atoms with Gasteiger partial charge in [-0.3, -0.25) is 4.79 Å². The largest absolute Gasteiger partial charge is 0.477 e. The predicted molar refractivity (Wildman–Crippen MR) is 55.2 cm³/mol. The molecule has 0 bridgehead atoms. The minimum absolute atomic E-state index is 0.135. The van der Waals surface area contributed by atoms with Gasteiger partial charge >= 0.3 is 5.97 Å². The summed E-state index contributed by atoms with van der Waals surface area (Å²) in [6.07, 6.45) is 5.87. The molecule has 15 heavy (non-hydrogen) atoms. The Bertz CT molecular complexity index is 430. The summed E-state index contributed by atoms with van der Waals surface area (Å²) >= 11 is 0. The van der Waals surface area contributed by atoms with Crippen molar-refractivity contribution in [3.05, 3.63) is 34.2 Å². The van der Waals surface area contributed by atoms with Crippen molar-refractivity contribution in [3.63, 3.8) is 0 Å². The highest BCUT2D eigenvalue weighted by atomic mass is 16.4. The first-order chi connectivity index (χ1) is 7.20. The molecule has 0 aliphatic heterocycles. The third-order valence-electron chi connectivity index (χ3n) is 2.92. The van der Waals surface area contributed by atoms with Gasteiger partial charge in [0.15, 0.2) is 0 Å². The zero-order chi connectivity index (χ0) is 10.8. The lowest BCUT2D eigenvalue weighted by Gasteiger charge is -2.13. The number of rotatable bonds is 2. The van der Waals surface area contributed by atoms with E-state index in [0.717, 1.165) is 25.7 Å². The quantitative estimate of drug-likeness (QED) is 0.802. The molecule has 0 spiro atoms. The Kier molecular flexibility index (Phi) is 2.58. The Labute approximate surface area is 87.2 Å². The molecule has 0 aromatic carbocycles. The topological polar surface area (TPSA) is 59.3 Å². The van der Waals surface area contributed by atoms with Gasteiger partial charge in [0.05, 0.1) is 0 Å². The maximum Gasteiger partial charge on any atom is 0.341 e. The Morgan fingerprint density at radius 1 is 1.40 bits per heavy atom. The first kappa shape index (κ1) is 9.96. The van der Waals surface area contributed by atoms with E-state index >= 15 is 0 Å². The van der Waals surface area contributed by atoms with E-state index in [9.17, 15) is 9.59 Å². The maximum atomic E-state index is 11.8. The van der Waals surface area contributed by atoms with Crippen molar-refractivity contribution in [1.82, 2.24) is 4.57 Å². The second kappa shape index (κ2) is 3.88. The standard InChI is InChI=1S/C11H13NO3/c13-10-9(11(14)15)6-3-7-12(10)8-4-1-2-5-8/h3,6-8H,1-2,4-5H2,(H,14,15). The number of aromatic nitrogens is 1. The van der Waals surface area contributed by atoms with Gasteiger partial charge in [0.2, 0.25) is 0 Å². The summed E-state index contributed by atoms with van der Waals surface area (Å²) in [5.74, 6) is -1.15. The summed E-state index contributed by atoms with van der Waals surface area (Å²) in [5, 5.41) is 8.82. The molecule has 1 N–H and O–H groups in total. The first-order valence-corrected chi connectivity index (χ1v) is 5.14. The lowest BCUT2D eigenvalue weighted by atomic mass is 10.2. The number of nitrogens with zero attached hydrogens (tertiary/aromatic N) is 1. The fourth-order valence-corrected chi connectivity index (χ4v) is 2.14. The lowest BCUT2D eigenvalue weighted by Crippen LogP contribution is -2.27. The smallest absolute Gasteiger partial charge is 0.341 e. The van der Waals surface area contributed by atoms with Crippen LogP contribution in [0.25, 0.3) is 0 Å². The molecule has 4 heteroatoms.